The minimum atomic E-state index is -3.10. The van der Waals surface area contributed by atoms with E-state index in [0.29, 0.717) is 0 Å². The zero-order valence-electron chi connectivity index (χ0n) is 28.9. The van der Waals surface area contributed by atoms with E-state index in [0.717, 1.165) is 0 Å². The predicted molar refractivity (Wildman–Crippen MR) is 177 cm³/mol. The van der Waals surface area contributed by atoms with Crippen molar-refractivity contribution in [1.29, 1.82) is 0 Å². The van der Waals surface area contributed by atoms with Crippen molar-refractivity contribution in [1.82, 2.24) is 0 Å². The van der Waals surface area contributed by atoms with E-state index in [9.17, 15) is 0 Å². The van der Waals surface area contributed by atoms with Gasteiger partial charge in [-0.25, -0.2) is 0 Å². The molecule has 0 N–H and O–H groups in total. The molecule has 0 fully saturated rings. The molecule has 40 heavy (non-hydrogen) atoms. The highest BCUT2D eigenvalue weighted by Gasteiger charge is 2.52. The van der Waals surface area contributed by atoms with Crippen LogP contribution in [0.4, 0.5) is 0 Å². The molecule has 0 bridgehead atoms. The third-order valence-electron chi connectivity index (χ3n) is 4.33. The first-order valence-electron chi connectivity index (χ1n) is 13.1. The highest BCUT2D eigenvalue weighted by Crippen LogP contribution is 2.26. The maximum atomic E-state index is 6.23. The molecular formula is C20H60O12Si8. The number of hydrogen-bond donors (Lipinski definition) is 0. The largest absolute Gasteiger partial charge is 0.669 e. The summed E-state index contributed by atoms with van der Waals surface area (Å²) >= 11 is 0. The molecule has 244 valence electrons. The Morgan fingerprint density at radius 2 is 0.425 bits per heavy atom. The van der Waals surface area contributed by atoms with Crippen molar-refractivity contribution in [3.8, 4) is 0 Å². The van der Waals surface area contributed by atoms with Crippen LogP contribution in [0.5, 0.6) is 0 Å². The second-order valence-corrected chi connectivity index (χ2v) is 41.7. The van der Waals surface area contributed by atoms with Crippen molar-refractivity contribution in [3.05, 3.63) is 0 Å². The van der Waals surface area contributed by atoms with E-state index in [1.165, 1.54) is 42.7 Å². The Balaban J connectivity index is 0. The number of rotatable bonds is 18. The predicted octanol–water partition coefficient (Wildman–Crippen LogP) is 5.30. The van der Waals surface area contributed by atoms with Gasteiger partial charge in [0.05, 0.1) is 0 Å². The molecule has 12 nitrogen and oxygen atoms in total. The maximum Gasteiger partial charge on any atom is 0.669 e. The fourth-order valence-corrected chi connectivity index (χ4v) is 35.3. The summed E-state index contributed by atoms with van der Waals surface area (Å²) in [7, 11) is -9.89. The van der Waals surface area contributed by atoms with Gasteiger partial charge in [0.15, 0.2) is 16.6 Å². The highest BCUT2D eigenvalue weighted by atomic mass is 28.5. The average Bonchev–Trinajstić information content (AvgIpc) is 2.71. The van der Waals surface area contributed by atoms with Crippen LogP contribution in [-0.2, 0) is 51.2 Å². The molecule has 0 aliphatic heterocycles. The zero-order valence-corrected chi connectivity index (χ0v) is 36.9. The average molecular weight is 717 g/mol. The van der Waals surface area contributed by atoms with Gasteiger partial charge in [0.25, 0.3) is 0 Å². The van der Waals surface area contributed by atoms with Crippen molar-refractivity contribution < 1.29 is 51.2 Å². The minimum absolute atomic E-state index is 1.52. The van der Waals surface area contributed by atoms with Crippen LogP contribution in [0.2, 0.25) is 91.7 Å². The fourth-order valence-electron chi connectivity index (χ4n) is 4.09. The zero-order chi connectivity index (χ0) is 32.5. The minimum Gasteiger partial charge on any atom is -0.437 e. The molecule has 0 heterocycles. The van der Waals surface area contributed by atoms with Gasteiger partial charge in [-0.1, -0.05) is 0 Å². The summed E-state index contributed by atoms with van der Waals surface area (Å²) in [6, 6.07) is 0. The lowest BCUT2D eigenvalue weighted by Crippen LogP contribution is -2.59. The van der Waals surface area contributed by atoms with E-state index in [-0.39, 0.29) is 0 Å². The first kappa shape index (κ1) is 43.4. The standard InChI is InChI=1S/2C10H30O6Si4/c2*1-11-20(12-2,13-3)16-19(9,10)15-18(7,8)14-17(4,5)6/h2*1-10H3. The SMILES string of the molecule is CO[Si](OC)(OC)O[Si](C)(C)O[Si](C)(C)O[Si](C)(C)C.CO[Si](OC)(OC)O[Si](C)(C)O[Si](C)(C)O[Si](C)(C)C. The Hall–Kier alpha value is 1.26. The van der Waals surface area contributed by atoms with Crippen LogP contribution < -0.4 is 0 Å². The fraction of sp³-hybridized carbons (Fsp3) is 1.00. The first-order chi connectivity index (χ1) is 17.6. The van der Waals surface area contributed by atoms with E-state index in [1.54, 1.807) is 0 Å². The number of hydrogen-bond acceptors (Lipinski definition) is 12. The maximum absolute atomic E-state index is 6.23. The lowest BCUT2D eigenvalue weighted by atomic mass is 11.8. The van der Waals surface area contributed by atoms with Gasteiger partial charge in [0.1, 0.15) is 0 Å². The van der Waals surface area contributed by atoms with Gasteiger partial charge in [0, 0.05) is 42.7 Å². The topological polar surface area (TPSA) is 111 Å². The molecule has 0 unspecified atom stereocenters. The summed E-state index contributed by atoms with van der Waals surface area (Å²) in [6.45, 7) is 28.9. The normalized spacial score (nSPS) is 14.7. The van der Waals surface area contributed by atoms with Crippen LogP contribution in [0, 0.1) is 0 Å². The molecule has 0 aromatic carbocycles. The summed E-state index contributed by atoms with van der Waals surface area (Å²) in [5, 5.41) is 0. The first-order valence-corrected chi connectivity index (χ1v) is 34.5. The van der Waals surface area contributed by atoms with Gasteiger partial charge in [-0.2, -0.15) is 0 Å². The summed E-state index contributed by atoms with van der Waals surface area (Å²) in [6.07, 6.45) is 0. The molecule has 0 radical (unpaired) electrons. The second kappa shape index (κ2) is 16.5. The molecule has 0 saturated heterocycles. The van der Waals surface area contributed by atoms with Crippen molar-refractivity contribution >= 4 is 69.0 Å². The molecular weight excluding hydrogens is 657 g/mol. The van der Waals surface area contributed by atoms with Crippen molar-refractivity contribution in [2.75, 3.05) is 42.7 Å². The lowest BCUT2D eigenvalue weighted by molar-refractivity contribution is 0.0393. The molecule has 0 atom stereocenters. The summed E-state index contributed by atoms with van der Waals surface area (Å²) < 4.78 is 68.6. The van der Waals surface area contributed by atoms with Crippen LogP contribution >= 0.6 is 0 Å². The molecule has 0 rings (SSSR count). The third kappa shape index (κ3) is 18.8. The smallest absolute Gasteiger partial charge is 0.437 e. The lowest BCUT2D eigenvalue weighted by Gasteiger charge is -2.39. The van der Waals surface area contributed by atoms with Gasteiger partial charge in [-0.3, -0.25) is 0 Å². The molecule has 0 aromatic rings. The van der Waals surface area contributed by atoms with Crippen LogP contribution in [0.1, 0.15) is 0 Å². The molecule has 0 aromatic heterocycles. The van der Waals surface area contributed by atoms with E-state index in [2.05, 4.69) is 39.3 Å². The van der Waals surface area contributed by atoms with Crippen molar-refractivity contribution in [2.24, 2.45) is 0 Å². The summed E-state index contributed by atoms with van der Waals surface area (Å²) in [4.78, 5) is 0. The van der Waals surface area contributed by atoms with Gasteiger partial charge < -0.3 is 51.2 Å². The quantitative estimate of drug-likeness (QED) is 0.172. The van der Waals surface area contributed by atoms with Gasteiger partial charge in [0.2, 0.25) is 0 Å². The molecule has 0 spiro atoms. The molecule has 20 heteroatoms. The highest BCUT2D eigenvalue weighted by molar-refractivity contribution is 6.88. The van der Waals surface area contributed by atoms with E-state index in [1.807, 2.05) is 52.4 Å². The third-order valence-corrected chi connectivity index (χ3v) is 30.0. The van der Waals surface area contributed by atoms with Gasteiger partial charge in [-0.05, 0) is 91.7 Å². The van der Waals surface area contributed by atoms with Crippen LogP contribution in [0.15, 0.2) is 0 Å². The second-order valence-electron chi connectivity index (χ2n) is 12.7. The van der Waals surface area contributed by atoms with Gasteiger partial charge >= 0.3 is 52.3 Å². The molecule has 0 aliphatic carbocycles. The molecule has 0 aliphatic rings. The van der Waals surface area contributed by atoms with Crippen molar-refractivity contribution in [2.45, 2.75) is 91.7 Å². The Morgan fingerprint density at radius 1 is 0.250 bits per heavy atom. The van der Waals surface area contributed by atoms with Gasteiger partial charge in [-0.15, -0.1) is 0 Å². The van der Waals surface area contributed by atoms with E-state index >= 15 is 0 Å². The van der Waals surface area contributed by atoms with Crippen LogP contribution in [0.3, 0.4) is 0 Å². The van der Waals surface area contributed by atoms with Crippen LogP contribution in [-0.4, -0.2) is 112 Å². The van der Waals surface area contributed by atoms with E-state index in [4.69, 9.17) is 51.2 Å². The summed E-state index contributed by atoms with van der Waals surface area (Å²) in [5.41, 5.74) is 0. The Bertz CT molecular complexity index is 645. The summed E-state index contributed by atoms with van der Waals surface area (Å²) in [5.74, 6) is 0. The van der Waals surface area contributed by atoms with Crippen molar-refractivity contribution in [3.63, 3.8) is 0 Å². The molecule has 0 amide bonds. The van der Waals surface area contributed by atoms with Crippen LogP contribution in [0.25, 0.3) is 0 Å². The Morgan fingerprint density at radius 3 is 0.575 bits per heavy atom. The molecule has 0 saturated carbocycles. The monoisotopic (exact) mass is 716 g/mol. The Labute approximate surface area is 253 Å². The Kier molecular flexibility index (Phi) is 17.9. The van der Waals surface area contributed by atoms with E-state index < -0.39 is 69.0 Å².